The van der Waals surface area contributed by atoms with Crippen LogP contribution in [0.25, 0.3) is 0 Å². The van der Waals surface area contributed by atoms with Crippen LogP contribution >= 0.6 is 0 Å². The number of hydrogen-bond acceptors (Lipinski definition) is 3. The topological polar surface area (TPSA) is 32.7 Å². The van der Waals surface area contributed by atoms with Gasteiger partial charge in [-0.05, 0) is 37.5 Å². The van der Waals surface area contributed by atoms with E-state index in [1.54, 1.807) is 7.11 Å². The predicted molar refractivity (Wildman–Crippen MR) is 76.7 cm³/mol. The van der Waals surface area contributed by atoms with E-state index < -0.39 is 0 Å². The summed E-state index contributed by atoms with van der Waals surface area (Å²) in [6.07, 6.45) is 0. The van der Waals surface area contributed by atoms with Crippen LogP contribution in [0, 0.1) is 0 Å². The molecule has 102 valence electrons. The van der Waals surface area contributed by atoms with Crippen molar-refractivity contribution in [3.8, 4) is 5.75 Å². The number of hydrogen-bond donors (Lipinski definition) is 1. The SMILES string of the molecule is COc1ccc(C(C)C)cc1N(C)C(C)(C)CO. The Hall–Kier alpha value is -1.22. The number of aliphatic hydroxyl groups excluding tert-OH is 1. The number of benzene rings is 1. The maximum atomic E-state index is 9.49. The molecule has 1 aromatic rings. The van der Waals surface area contributed by atoms with Gasteiger partial charge in [0.05, 0.1) is 24.9 Å². The standard InChI is InChI=1S/C15H25NO2/c1-11(2)12-7-8-14(18-6)13(9-12)16(5)15(3,4)10-17/h7-9,11,17H,10H2,1-6H3. The highest BCUT2D eigenvalue weighted by molar-refractivity contribution is 5.61. The quantitative estimate of drug-likeness (QED) is 0.873. The Balaban J connectivity index is 3.23. The largest absolute Gasteiger partial charge is 0.495 e. The minimum atomic E-state index is -0.317. The number of methoxy groups -OCH3 is 1. The van der Waals surface area contributed by atoms with Crippen LogP contribution in [0.1, 0.15) is 39.2 Å². The van der Waals surface area contributed by atoms with Crippen molar-refractivity contribution in [1.82, 2.24) is 0 Å². The summed E-state index contributed by atoms with van der Waals surface area (Å²) in [4.78, 5) is 2.07. The summed E-state index contributed by atoms with van der Waals surface area (Å²) in [7, 11) is 3.66. The second-order valence-corrected chi connectivity index (χ2v) is 5.62. The Kier molecular flexibility index (Phi) is 4.63. The normalized spacial score (nSPS) is 11.8. The smallest absolute Gasteiger partial charge is 0.142 e. The summed E-state index contributed by atoms with van der Waals surface area (Å²) in [6.45, 7) is 8.45. The Bertz CT molecular complexity index is 399. The van der Waals surface area contributed by atoms with Crippen molar-refractivity contribution in [1.29, 1.82) is 0 Å². The Morgan fingerprint density at radius 2 is 1.94 bits per heavy atom. The fraction of sp³-hybridized carbons (Fsp3) is 0.600. The Morgan fingerprint density at radius 3 is 2.39 bits per heavy atom. The molecule has 0 saturated carbocycles. The third-order valence-corrected chi connectivity index (χ3v) is 3.53. The van der Waals surface area contributed by atoms with Gasteiger partial charge < -0.3 is 14.7 Å². The van der Waals surface area contributed by atoms with Crippen LogP contribution < -0.4 is 9.64 Å². The van der Waals surface area contributed by atoms with E-state index in [0.717, 1.165) is 11.4 Å². The van der Waals surface area contributed by atoms with Crippen molar-refractivity contribution in [3.05, 3.63) is 23.8 Å². The van der Waals surface area contributed by atoms with Crippen LogP contribution in [-0.2, 0) is 0 Å². The predicted octanol–water partition coefficient (Wildman–Crippen LogP) is 3.03. The Labute approximate surface area is 110 Å². The summed E-state index contributed by atoms with van der Waals surface area (Å²) < 4.78 is 5.42. The molecule has 0 heterocycles. The van der Waals surface area contributed by atoms with E-state index in [1.807, 2.05) is 27.0 Å². The fourth-order valence-corrected chi connectivity index (χ4v) is 1.76. The van der Waals surface area contributed by atoms with E-state index in [2.05, 4.69) is 30.9 Å². The van der Waals surface area contributed by atoms with Gasteiger partial charge in [0, 0.05) is 7.05 Å². The molecular weight excluding hydrogens is 226 g/mol. The molecule has 1 aromatic carbocycles. The molecule has 0 saturated heterocycles. The molecule has 0 bridgehead atoms. The van der Waals surface area contributed by atoms with E-state index in [1.165, 1.54) is 5.56 Å². The van der Waals surface area contributed by atoms with Gasteiger partial charge >= 0.3 is 0 Å². The molecule has 0 amide bonds. The lowest BCUT2D eigenvalue weighted by Crippen LogP contribution is -2.44. The molecule has 0 fully saturated rings. The molecule has 18 heavy (non-hydrogen) atoms. The van der Waals surface area contributed by atoms with Gasteiger partial charge in [-0.2, -0.15) is 0 Å². The van der Waals surface area contributed by atoms with Crippen molar-refractivity contribution in [3.63, 3.8) is 0 Å². The molecule has 0 aliphatic rings. The van der Waals surface area contributed by atoms with Gasteiger partial charge in [0.25, 0.3) is 0 Å². The lowest BCUT2D eigenvalue weighted by Gasteiger charge is -2.37. The van der Waals surface area contributed by atoms with Crippen molar-refractivity contribution in [2.75, 3.05) is 25.7 Å². The average molecular weight is 251 g/mol. The van der Waals surface area contributed by atoms with Gasteiger partial charge in [-0.25, -0.2) is 0 Å². The minimum absolute atomic E-state index is 0.0958. The van der Waals surface area contributed by atoms with E-state index >= 15 is 0 Å². The maximum Gasteiger partial charge on any atom is 0.142 e. The van der Waals surface area contributed by atoms with Crippen LogP contribution in [0.4, 0.5) is 5.69 Å². The van der Waals surface area contributed by atoms with Crippen molar-refractivity contribution < 1.29 is 9.84 Å². The third-order valence-electron chi connectivity index (χ3n) is 3.53. The first kappa shape index (κ1) is 14.8. The van der Waals surface area contributed by atoms with Crippen LogP contribution in [0.15, 0.2) is 18.2 Å². The van der Waals surface area contributed by atoms with Crippen LogP contribution in [-0.4, -0.2) is 31.4 Å². The number of rotatable bonds is 5. The molecule has 0 unspecified atom stereocenters. The molecule has 3 heteroatoms. The number of ether oxygens (including phenoxy) is 1. The highest BCUT2D eigenvalue weighted by Crippen LogP contribution is 2.34. The lowest BCUT2D eigenvalue weighted by atomic mass is 9.99. The van der Waals surface area contributed by atoms with Gasteiger partial charge in [-0.3, -0.25) is 0 Å². The van der Waals surface area contributed by atoms with Gasteiger partial charge in [0.1, 0.15) is 5.75 Å². The molecule has 0 aromatic heterocycles. The minimum Gasteiger partial charge on any atom is -0.495 e. The highest BCUT2D eigenvalue weighted by Gasteiger charge is 2.25. The van der Waals surface area contributed by atoms with Crippen molar-refractivity contribution in [2.45, 2.75) is 39.2 Å². The second kappa shape index (κ2) is 5.61. The summed E-state index contributed by atoms with van der Waals surface area (Å²) in [6, 6.07) is 6.22. The molecular formula is C15H25NO2. The summed E-state index contributed by atoms with van der Waals surface area (Å²) in [5.41, 5.74) is 1.97. The van der Waals surface area contributed by atoms with Crippen LogP contribution in [0.5, 0.6) is 5.75 Å². The lowest BCUT2D eigenvalue weighted by molar-refractivity contribution is 0.215. The van der Waals surface area contributed by atoms with Crippen molar-refractivity contribution in [2.24, 2.45) is 0 Å². The summed E-state index contributed by atoms with van der Waals surface area (Å²) in [5.74, 6) is 1.31. The molecule has 3 nitrogen and oxygen atoms in total. The molecule has 0 aliphatic heterocycles. The molecule has 1 rings (SSSR count). The van der Waals surface area contributed by atoms with Gasteiger partial charge in [-0.15, -0.1) is 0 Å². The van der Waals surface area contributed by atoms with E-state index in [4.69, 9.17) is 4.74 Å². The summed E-state index contributed by atoms with van der Waals surface area (Å²) >= 11 is 0. The number of anilines is 1. The zero-order chi connectivity index (χ0) is 13.9. The van der Waals surface area contributed by atoms with Gasteiger partial charge in [0.15, 0.2) is 0 Å². The van der Waals surface area contributed by atoms with Gasteiger partial charge in [0.2, 0.25) is 0 Å². The molecule has 0 aliphatic carbocycles. The zero-order valence-corrected chi connectivity index (χ0v) is 12.3. The average Bonchev–Trinajstić information content (AvgIpc) is 2.36. The first-order valence-electron chi connectivity index (χ1n) is 6.36. The van der Waals surface area contributed by atoms with Gasteiger partial charge in [-0.1, -0.05) is 19.9 Å². The molecule has 0 atom stereocenters. The fourth-order valence-electron chi connectivity index (χ4n) is 1.76. The first-order chi connectivity index (χ1) is 8.33. The Morgan fingerprint density at radius 1 is 1.33 bits per heavy atom. The monoisotopic (exact) mass is 251 g/mol. The van der Waals surface area contributed by atoms with Crippen LogP contribution in [0.3, 0.4) is 0 Å². The zero-order valence-electron chi connectivity index (χ0n) is 12.3. The molecule has 0 radical (unpaired) electrons. The van der Waals surface area contributed by atoms with E-state index in [9.17, 15) is 5.11 Å². The maximum absolute atomic E-state index is 9.49. The first-order valence-corrected chi connectivity index (χ1v) is 6.36. The van der Waals surface area contributed by atoms with Crippen molar-refractivity contribution >= 4 is 5.69 Å². The molecule has 1 N–H and O–H groups in total. The highest BCUT2D eigenvalue weighted by atomic mass is 16.5. The number of aliphatic hydroxyl groups is 1. The van der Waals surface area contributed by atoms with Crippen LogP contribution in [0.2, 0.25) is 0 Å². The van der Waals surface area contributed by atoms with E-state index in [0.29, 0.717) is 5.92 Å². The molecule has 0 spiro atoms. The second-order valence-electron chi connectivity index (χ2n) is 5.62. The number of likely N-dealkylation sites (N-methyl/N-ethyl adjacent to an activating group) is 1. The number of nitrogens with zero attached hydrogens (tertiary/aromatic N) is 1. The van der Waals surface area contributed by atoms with E-state index in [-0.39, 0.29) is 12.1 Å². The summed E-state index contributed by atoms with van der Waals surface area (Å²) in [5, 5.41) is 9.49. The third kappa shape index (κ3) is 2.96.